The Hall–Kier alpha value is -2.02. The molecule has 0 aromatic heterocycles. The van der Waals surface area contributed by atoms with Crippen molar-refractivity contribution in [2.45, 2.75) is 13.5 Å². The molecule has 0 saturated carbocycles. The highest BCUT2D eigenvalue weighted by Gasteiger charge is 2.17. The first-order valence-electron chi connectivity index (χ1n) is 5.88. The van der Waals surface area contributed by atoms with Gasteiger partial charge in [0.25, 0.3) is 0 Å². The maximum Gasteiger partial charge on any atom is 0.0413 e. The minimum atomic E-state index is 0.887. The first-order chi connectivity index (χ1) is 8.25. The summed E-state index contributed by atoms with van der Waals surface area (Å²) < 4.78 is 0. The molecule has 1 heteroatoms. The van der Waals surface area contributed by atoms with Crippen molar-refractivity contribution in [3.8, 4) is 11.1 Å². The lowest BCUT2D eigenvalue weighted by atomic mass is 9.96. The molecule has 0 unspecified atom stereocenters. The Labute approximate surface area is 102 Å². The van der Waals surface area contributed by atoms with Gasteiger partial charge >= 0.3 is 0 Å². The fourth-order valence-corrected chi connectivity index (χ4v) is 2.35. The van der Waals surface area contributed by atoms with E-state index in [1.165, 1.54) is 27.8 Å². The molecular weight excluding hydrogens is 206 g/mol. The monoisotopic (exact) mass is 221 g/mol. The van der Waals surface area contributed by atoms with E-state index in [2.05, 4.69) is 61.3 Å². The van der Waals surface area contributed by atoms with Gasteiger partial charge in [-0.1, -0.05) is 54.6 Å². The van der Waals surface area contributed by atoms with E-state index in [4.69, 9.17) is 0 Å². The molecule has 0 atom stereocenters. The Balaban J connectivity index is 2.16. The molecule has 1 aliphatic rings. The van der Waals surface area contributed by atoms with Crippen LogP contribution in [0.4, 0.5) is 0 Å². The Kier molecular flexibility index (Phi) is 2.25. The molecule has 0 aliphatic carbocycles. The number of benzene rings is 2. The fraction of sp³-hybridized carbons (Fsp3) is 0.125. The van der Waals surface area contributed by atoms with E-state index in [9.17, 15) is 0 Å². The van der Waals surface area contributed by atoms with Crippen molar-refractivity contribution in [1.82, 2.24) is 5.32 Å². The Morgan fingerprint density at radius 1 is 1.00 bits per heavy atom. The van der Waals surface area contributed by atoms with Crippen LogP contribution in [0.15, 0.2) is 49.0 Å². The summed E-state index contributed by atoms with van der Waals surface area (Å²) in [4.78, 5) is 0. The summed E-state index contributed by atoms with van der Waals surface area (Å²) in [6.45, 7) is 7.03. The maximum atomic E-state index is 4.03. The molecule has 1 aliphatic heterocycles. The molecule has 0 bridgehead atoms. The zero-order chi connectivity index (χ0) is 11.8. The van der Waals surface area contributed by atoms with Crippen molar-refractivity contribution < 1.29 is 0 Å². The van der Waals surface area contributed by atoms with Crippen LogP contribution in [-0.4, -0.2) is 0 Å². The van der Waals surface area contributed by atoms with Crippen molar-refractivity contribution in [3.63, 3.8) is 0 Å². The van der Waals surface area contributed by atoms with Gasteiger partial charge in [0.05, 0.1) is 0 Å². The lowest BCUT2D eigenvalue weighted by molar-refractivity contribution is 0.947. The summed E-state index contributed by atoms with van der Waals surface area (Å²) in [5.41, 5.74) is 7.54. The molecule has 1 N–H and O–H groups in total. The predicted octanol–water partition coefficient (Wildman–Crippen LogP) is 3.74. The molecule has 84 valence electrons. The van der Waals surface area contributed by atoms with E-state index in [1.54, 1.807) is 0 Å². The number of fused-ring (bicyclic) bond motifs is 1. The van der Waals surface area contributed by atoms with Crippen LogP contribution in [0.2, 0.25) is 0 Å². The number of hydrogen-bond donors (Lipinski definition) is 1. The third-order valence-electron chi connectivity index (χ3n) is 3.34. The van der Waals surface area contributed by atoms with Gasteiger partial charge in [-0.25, -0.2) is 0 Å². The lowest BCUT2D eigenvalue weighted by Gasteiger charge is -2.07. The van der Waals surface area contributed by atoms with Gasteiger partial charge in [-0.3, -0.25) is 0 Å². The van der Waals surface area contributed by atoms with Crippen LogP contribution in [0, 0.1) is 6.92 Å². The average molecular weight is 221 g/mol. The van der Waals surface area contributed by atoms with E-state index >= 15 is 0 Å². The van der Waals surface area contributed by atoms with E-state index in [1.807, 2.05) is 0 Å². The Morgan fingerprint density at radius 2 is 1.71 bits per heavy atom. The lowest BCUT2D eigenvalue weighted by Crippen LogP contribution is -1.99. The number of hydrogen-bond acceptors (Lipinski definition) is 1. The highest BCUT2D eigenvalue weighted by molar-refractivity contribution is 5.79. The molecule has 0 fully saturated rings. The van der Waals surface area contributed by atoms with E-state index < -0.39 is 0 Å². The van der Waals surface area contributed by atoms with Crippen molar-refractivity contribution in [3.05, 3.63) is 65.7 Å². The van der Waals surface area contributed by atoms with Gasteiger partial charge in [0.2, 0.25) is 0 Å². The molecule has 0 amide bonds. The van der Waals surface area contributed by atoms with Gasteiger partial charge in [0, 0.05) is 17.8 Å². The summed E-state index contributed by atoms with van der Waals surface area (Å²) in [7, 11) is 0. The van der Waals surface area contributed by atoms with Gasteiger partial charge in [-0.2, -0.15) is 0 Å². The molecule has 2 aromatic rings. The van der Waals surface area contributed by atoms with Crippen LogP contribution in [0.25, 0.3) is 16.8 Å². The van der Waals surface area contributed by atoms with E-state index in [-0.39, 0.29) is 0 Å². The van der Waals surface area contributed by atoms with E-state index in [0.717, 1.165) is 12.2 Å². The smallest absolute Gasteiger partial charge is 0.0413 e. The van der Waals surface area contributed by atoms with Crippen LogP contribution in [-0.2, 0) is 6.54 Å². The molecule has 0 spiro atoms. The molecule has 1 heterocycles. The molecule has 3 rings (SSSR count). The van der Waals surface area contributed by atoms with Crippen LogP contribution < -0.4 is 5.32 Å². The second-order valence-corrected chi connectivity index (χ2v) is 4.53. The SMILES string of the molecule is C=C1NCc2c1cccc2-c1ccc(C)cc1. The zero-order valence-electron chi connectivity index (χ0n) is 9.96. The normalized spacial score (nSPS) is 13.4. The van der Waals surface area contributed by atoms with Gasteiger partial charge in [-0.05, 0) is 23.6 Å². The zero-order valence-corrected chi connectivity index (χ0v) is 9.96. The second-order valence-electron chi connectivity index (χ2n) is 4.53. The number of aryl methyl sites for hydroxylation is 1. The summed E-state index contributed by atoms with van der Waals surface area (Å²) in [5, 5.41) is 3.31. The highest BCUT2D eigenvalue weighted by atomic mass is 14.9. The Bertz CT molecular complexity index is 579. The Morgan fingerprint density at radius 3 is 2.47 bits per heavy atom. The van der Waals surface area contributed by atoms with Crippen LogP contribution in [0.3, 0.4) is 0 Å². The highest BCUT2D eigenvalue weighted by Crippen LogP contribution is 2.32. The number of nitrogens with one attached hydrogen (secondary N) is 1. The standard InChI is InChI=1S/C16H15N/c1-11-6-8-13(9-7-11)15-5-3-4-14-12(2)17-10-16(14)15/h3-9,17H,2,10H2,1H3. The van der Waals surface area contributed by atoms with Crippen LogP contribution in [0.1, 0.15) is 16.7 Å². The first kappa shape index (κ1) is 10.2. The number of rotatable bonds is 1. The summed E-state index contributed by atoms with van der Waals surface area (Å²) >= 11 is 0. The summed E-state index contributed by atoms with van der Waals surface area (Å²) in [6, 6.07) is 15.1. The van der Waals surface area contributed by atoms with E-state index in [0.29, 0.717) is 0 Å². The largest absolute Gasteiger partial charge is 0.381 e. The maximum absolute atomic E-state index is 4.03. The minimum Gasteiger partial charge on any atom is -0.381 e. The van der Waals surface area contributed by atoms with Crippen molar-refractivity contribution in [2.24, 2.45) is 0 Å². The molecule has 0 saturated heterocycles. The first-order valence-corrected chi connectivity index (χ1v) is 5.88. The molecule has 0 radical (unpaired) electrons. The molecular formula is C16H15N. The molecule has 17 heavy (non-hydrogen) atoms. The third kappa shape index (κ3) is 1.64. The van der Waals surface area contributed by atoms with Crippen LogP contribution >= 0.6 is 0 Å². The van der Waals surface area contributed by atoms with Crippen molar-refractivity contribution in [1.29, 1.82) is 0 Å². The van der Waals surface area contributed by atoms with Crippen molar-refractivity contribution in [2.75, 3.05) is 0 Å². The summed E-state index contributed by atoms with van der Waals surface area (Å²) in [6.07, 6.45) is 0. The van der Waals surface area contributed by atoms with Gasteiger partial charge in [0.15, 0.2) is 0 Å². The van der Waals surface area contributed by atoms with Gasteiger partial charge < -0.3 is 5.32 Å². The van der Waals surface area contributed by atoms with Gasteiger partial charge in [-0.15, -0.1) is 0 Å². The van der Waals surface area contributed by atoms with Crippen molar-refractivity contribution >= 4 is 5.70 Å². The topological polar surface area (TPSA) is 12.0 Å². The van der Waals surface area contributed by atoms with Crippen LogP contribution in [0.5, 0.6) is 0 Å². The van der Waals surface area contributed by atoms with Gasteiger partial charge in [0.1, 0.15) is 0 Å². The minimum absolute atomic E-state index is 0.887. The summed E-state index contributed by atoms with van der Waals surface area (Å²) in [5.74, 6) is 0. The molecule has 2 aromatic carbocycles. The average Bonchev–Trinajstić information content (AvgIpc) is 2.73. The predicted molar refractivity (Wildman–Crippen MR) is 72.5 cm³/mol. The second kappa shape index (κ2) is 3.77. The quantitative estimate of drug-likeness (QED) is 0.773. The fourth-order valence-electron chi connectivity index (χ4n) is 2.35. The third-order valence-corrected chi connectivity index (χ3v) is 3.34. The molecule has 1 nitrogen and oxygen atoms in total.